The van der Waals surface area contributed by atoms with Crippen LogP contribution in [0.1, 0.15) is 24.2 Å². The third kappa shape index (κ3) is 3.56. The molecule has 1 aromatic heterocycles. The summed E-state index contributed by atoms with van der Waals surface area (Å²) >= 11 is 0. The Bertz CT molecular complexity index is 837. The van der Waals surface area contributed by atoms with Crippen molar-refractivity contribution in [1.82, 2.24) is 9.55 Å². The summed E-state index contributed by atoms with van der Waals surface area (Å²) in [5, 5.41) is 8.87. The lowest BCUT2D eigenvalue weighted by Gasteiger charge is -2.09. The van der Waals surface area contributed by atoms with Crippen molar-refractivity contribution in [3.8, 4) is 5.75 Å². The molecule has 24 heavy (non-hydrogen) atoms. The highest BCUT2D eigenvalue weighted by Crippen LogP contribution is 2.20. The number of benzene rings is 2. The number of ether oxygens (including phenoxy) is 1. The van der Waals surface area contributed by atoms with Gasteiger partial charge in [-0.3, -0.25) is 4.79 Å². The SMILES string of the molecule is COc1ccc(Cc2nc3ccccc3n2CCCC(=O)O)cc1. The molecule has 2 aromatic carbocycles. The largest absolute Gasteiger partial charge is 0.497 e. The molecule has 0 radical (unpaired) electrons. The van der Waals surface area contributed by atoms with Gasteiger partial charge in [0, 0.05) is 19.4 Å². The summed E-state index contributed by atoms with van der Waals surface area (Å²) in [6.07, 6.45) is 1.45. The van der Waals surface area contributed by atoms with Gasteiger partial charge in [0.25, 0.3) is 0 Å². The van der Waals surface area contributed by atoms with Crippen molar-refractivity contribution in [2.24, 2.45) is 0 Å². The smallest absolute Gasteiger partial charge is 0.303 e. The van der Waals surface area contributed by atoms with Crippen molar-refractivity contribution >= 4 is 17.0 Å². The van der Waals surface area contributed by atoms with Crippen LogP contribution in [-0.2, 0) is 17.8 Å². The predicted octanol–water partition coefficient (Wildman–Crippen LogP) is 3.50. The molecule has 3 aromatic rings. The van der Waals surface area contributed by atoms with Gasteiger partial charge in [0.1, 0.15) is 11.6 Å². The van der Waals surface area contributed by atoms with Crippen LogP contribution >= 0.6 is 0 Å². The molecule has 5 heteroatoms. The molecule has 0 atom stereocenters. The molecule has 0 fully saturated rings. The Balaban J connectivity index is 1.88. The third-order valence-corrected chi connectivity index (χ3v) is 4.03. The van der Waals surface area contributed by atoms with Gasteiger partial charge in [0.2, 0.25) is 0 Å². The lowest BCUT2D eigenvalue weighted by molar-refractivity contribution is -0.137. The minimum Gasteiger partial charge on any atom is -0.497 e. The molecule has 0 bridgehead atoms. The Morgan fingerprint density at radius 2 is 1.92 bits per heavy atom. The first-order valence-corrected chi connectivity index (χ1v) is 7.96. The second kappa shape index (κ2) is 7.17. The molecule has 0 aliphatic rings. The normalized spacial score (nSPS) is 10.9. The zero-order valence-electron chi connectivity index (χ0n) is 13.6. The van der Waals surface area contributed by atoms with Gasteiger partial charge in [0.15, 0.2) is 0 Å². The highest BCUT2D eigenvalue weighted by atomic mass is 16.5. The Morgan fingerprint density at radius 1 is 1.17 bits per heavy atom. The van der Waals surface area contributed by atoms with E-state index in [4.69, 9.17) is 14.8 Å². The Morgan fingerprint density at radius 3 is 2.62 bits per heavy atom. The molecule has 0 aliphatic heterocycles. The quantitative estimate of drug-likeness (QED) is 0.722. The van der Waals surface area contributed by atoms with Gasteiger partial charge in [-0.1, -0.05) is 24.3 Å². The Hall–Kier alpha value is -2.82. The van der Waals surface area contributed by atoms with E-state index in [1.807, 2.05) is 48.5 Å². The number of carboxylic acid groups (broad SMARTS) is 1. The molecule has 0 saturated carbocycles. The number of nitrogens with zero attached hydrogens (tertiary/aromatic N) is 2. The van der Waals surface area contributed by atoms with Crippen LogP contribution in [0.25, 0.3) is 11.0 Å². The van der Waals surface area contributed by atoms with Crippen molar-refractivity contribution in [1.29, 1.82) is 0 Å². The first-order chi connectivity index (χ1) is 11.7. The molecule has 0 aliphatic carbocycles. The van der Waals surface area contributed by atoms with Gasteiger partial charge in [0.05, 0.1) is 18.1 Å². The topological polar surface area (TPSA) is 64.4 Å². The van der Waals surface area contributed by atoms with Crippen LogP contribution in [0.3, 0.4) is 0 Å². The highest BCUT2D eigenvalue weighted by Gasteiger charge is 2.11. The van der Waals surface area contributed by atoms with Crippen LogP contribution in [0.2, 0.25) is 0 Å². The molecule has 5 nitrogen and oxygen atoms in total. The molecule has 1 N–H and O–H groups in total. The van der Waals surface area contributed by atoms with Crippen LogP contribution < -0.4 is 4.74 Å². The lowest BCUT2D eigenvalue weighted by atomic mass is 10.1. The van der Waals surface area contributed by atoms with Gasteiger partial charge in [-0.25, -0.2) is 4.98 Å². The van der Waals surface area contributed by atoms with Crippen LogP contribution in [0.15, 0.2) is 48.5 Å². The zero-order valence-corrected chi connectivity index (χ0v) is 13.6. The number of para-hydroxylation sites is 2. The van der Waals surface area contributed by atoms with Crippen LogP contribution in [0, 0.1) is 0 Å². The van der Waals surface area contributed by atoms with E-state index in [0.717, 1.165) is 28.2 Å². The summed E-state index contributed by atoms with van der Waals surface area (Å²) in [6.45, 7) is 0.651. The van der Waals surface area contributed by atoms with E-state index in [2.05, 4.69) is 4.57 Å². The van der Waals surface area contributed by atoms with Gasteiger partial charge >= 0.3 is 5.97 Å². The molecular weight excluding hydrogens is 304 g/mol. The van der Waals surface area contributed by atoms with Crippen molar-refractivity contribution < 1.29 is 14.6 Å². The van der Waals surface area contributed by atoms with Gasteiger partial charge in [-0.15, -0.1) is 0 Å². The molecular formula is C19H20N2O3. The van der Waals surface area contributed by atoms with E-state index in [1.54, 1.807) is 7.11 Å². The summed E-state index contributed by atoms with van der Waals surface area (Å²) < 4.78 is 7.32. The van der Waals surface area contributed by atoms with Crippen LogP contribution in [0.4, 0.5) is 0 Å². The number of hydrogen-bond acceptors (Lipinski definition) is 3. The Labute approximate surface area is 140 Å². The number of carboxylic acids is 1. The average Bonchev–Trinajstić information content (AvgIpc) is 2.93. The van der Waals surface area contributed by atoms with Crippen molar-refractivity contribution in [2.45, 2.75) is 25.8 Å². The summed E-state index contributed by atoms with van der Waals surface area (Å²) in [5.74, 6) is 1.01. The maximum absolute atomic E-state index is 10.8. The number of aryl methyl sites for hydroxylation is 1. The number of aliphatic carboxylic acids is 1. The molecule has 0 unspecified atom stereocenters. The lowest BCUT2D eigenvalue weighted by Crippen LogP contribution is -2.07. The molecule has 0 spiro atoms. The van der Waals surface area contributed by atoms with E-state index in [9.17, 15) is 4.79 Å². The average molecular weight is 324 g/mol. The third-order valence-electron chi connectivity index (χ3n) is 4.03. The summed E-state index contributed by atoms with van der Waals surface area (Å²) in [4.78, 5) is 15.5. The molecule has 124 valence electrons. The fraction of sp³-hybridized carbons (Fsp3) is 0.263. The van der Waals surface area contributed by atoms with Crippen LogP contribution in [-0.4, -0.2) is 27.7 Å². The first kappa shape index (κ1) is 16.1. The number of fused-ring (bicyclic) bond motifs is 1. The highest BCUT2D eigenvalue weighted by molar-refractivity contribution is 5.76. The summed E-state index contributed by atoms with van der Waals surface area (Å²) in [6, 6.07) is 15.9. The Kier molecular flexibility index (Phi) is 4.79. The standard InChI is InChI=1S/C19H20N2O3/c1-24-15-10-8-14(9-11-15)13-18-20-16-5-2-3-6-17(16)21(18)12-4-7-19(22)23/h2-3,5-6,8-11H,4,7,12-13H2,1H3,(H,22,23). The van der Waals surface area contributed by atoms with Gasteiger partial charge in [-0.2, -0.15) is 0 Å². The number of methoxy groups -OCH3 is 1. The maximum Gasteiger partial charge on any atom is 0.303 e. The molecule has 0 amide bonds. The zero-order chi connectivity index (χ0) is 16.9. The van der Waals surface area contributed by atoms with E-state index in [-0.39, 0.29) is 6.42 Å². The fourth-order valence-electron chi connectivity index (χ4n) is 2.82. The summed E-state index contributed by atoms with van der Waals surface area (Å²) in [5.41, 5.74) is 3.13. The number of rotatable bonds is 7. The van der Waals surface area contributed by atoms with Crippen molar-refractivity contribution in [3.05, 3.63) is 59.9 Å². The van der Waals surface area contributed by atoms with E-state index < -0.39 is 5.97 Å². The fourth-order valence-corrected chi connectivity index (χ4v) is 2.82. The predicted molar refractivity (Wildman–Crippen MR) is 92.4 cm³/mol. The number of hydrogen-bond donors (Lipinski definition) is 1. The second-order valence-electron chi connectivity index (χ2n) is 5.69. The number of aromatic nitrogens is 2. The van der Waals surface area contributed by atoms with Crippen molar-refractivity contribution in [3.63, 3.8) is 0 Å². The summed E-state index contributed by atoms with van der Waals surface area (Å²) in [7, 11) is 1.65. The first-order valence-electron chi connectivity index (χ1n) is 7.96. The minimum atomic E-state index is -0.767. The van der Waals surface area contributed by atoms with Gasteiger partial charge in [-0.05, 0) is 36.2 Å². The molecule has 1 heterocycles. The maximum atomic E-state index is 10.8. The monoisotopic (exact) mass is 324 g/mol. The number of carbonyl (C=O) groups is 1. The number of imidazole rings is 1. The minimum absolute atomic E-state index is 0.161. The van der Waals surface area contributed by atoms with Crippen molar-refractivity contribution in [2.75, 3.05) is 7.11 Å². The molecule has 0 saturated heterocycles. The molecule has 3 rings (SSSR count). The van der Waals surface area contributed by atoms with E-state index in [1.165, 1.54) is 0 Å². The van der Waals surface area contributed by atoms with E-state index in [0.29, 0.717) is 19.4 Å². The van der Waals surface area contributed by atoms with Gasteiger partial charge < -0.3 is 14.4 Å². The van der Waals surface area contributed by atoms with Crippen LogP contribution in [0.5, 0.6) is 5.75 Å². The van der Waals surface area contributed by atoms with E-state index >= 15 is 0 Å². The second-order valence-corrected chi connectivity index (χ2v) is 5.69.